The number of hydrogen-bond donors (Lipinski definition) is 1. The van der Waals surface area contributed by atoms with Crippen LogP contribution in [0.4, 0.5) is 0 Å². The van der Waals surface area contributed by atoms with E-state index in [-0.39, 0.29) is 0 Å². The zero-order chi connectivity index (χ0) is 13.4. The number of nitrogens with one attached hydrogen (secondary N) is 1. The third-order valence-corrected chi connectivity index (χ3v) is 3.48. The van der Waals surface area contributed by atoms with Gasteiger partial charge in [0.05, 0.1) is 0 Å². The van der Waals surface area contributed by atoms with Gasteiger partial charge in [0.2, 0.25) is 0 Å². The molecule has 0 saturated heterocycles. The molecule has 0 bridgehead atoms. The molecule has 0 saturated carbocycles. The summed E-state index contributed by atoms with van der Waals surface area (Å²) in [6, 6.07) is 12.0. The van der Waals surface area contributed by atoms with Crippen molar-refractivity contribution < 1.29 is 0 Å². The summed E-state index contributed by atoms with van der Waals surface area (Å²) in [6.07, 6.45) is 4.96. The van der Waals surface area contributed by atoms with Crippen LogP contribution in [0.15, 0.2) is 30.3 Å². The number of rotatable bonds is 8. The largest absolute Gasteiger partial charge is 0.307 e. The SMILES string of the molecule is CCCC(CC)NC(CC(C)C)c1ccccc1. The highest BCUT2D eigenvalue weighted by Crippen LogP contribution is 2.22. The summed E-state index contributed by atoms with van der Waals surface area (Å²) >= 11 is 0. The van der Waals surface area contributed by atoms with Crippen LogP contribution in [0.2, 0.25) is 0 Å². The molecular formula is C17H29N. The highest BCUT2D eigenvalue weighted by atomic mass is 14.9. The standard InChI is InChI=1S/C17H29N/c1-5-10-16(6-2)18-17(13-14(3)4)15-11-8-7-9-12-15/h7-9,11-12,14,16-18H,5-6,10,13H2,1-4H3. The van der Waals surface area contributed by atoms with Crippen LogP contribution in [-0.2, 0) is 0 Å². The highest BCUT2D eigenvalue weighted by Gasteiger charge is 2.16. The van der Waals surface area contributed by atoms with E-state index in [1.54, 1.807) is 0 Å². The van der Waals surface area contributed by atoms with E-state index in [2.05, 4.69) is 63.3 Å². The van der Waals surface area contributed by atoms with E-state index >= 15 is 0 Å². The summed E-state index contributed by atoms with van der Waals surface area (Å²) in [5.74, 6) is 0.724. The van der Waals surface area contributed by atoms with Gasteiger partial charge in [-0.25, -0.2) is 0 Å². The minimum absolute atomic E-state index is 0.502. The molecule has 18 heavy (non-hydrogen) atoms. The maximum atomic E-state index is 3.85. The molecular weight excluding hydrogens is 218 g/mol. The van der Waals surface area contributed by atoms with Crippen molar-refractivity contribution in [2.75, 3.05) is 0 Å². The maximum Gasteiger partial charge on any atom is 0.0325 e. The van der Waals surface area contributed by atoms with Crippen LogP contribution in [0.3, 0.4) is 0 Å². The topological polar surface area (TPSA) is 12.0 Å². The first-order valence-electron chi connectivity index (χ1n) is 7.48. The van der Waals surface area contributed by atoms with Crippen LogP contribution < -0.4 is 5.32 Å². The number of hydrogen-bond acceptors (Lipinski definition) is 1. The second kappa shape index (κ2) is 8.31. The normalized spacial score (nSPS) is 14.7. The second-order valence-corrected chi connectivity index (χ2v) is 5.65. The first-order chi connectivity index (χ1) is 8.67. The van der Waals surface area contributed by atoms with E-state index in [1.165, 1.54) is 31.2 Å². The van der Waals surface area contributed by atoms with E-state index < -0.39 is 0 Å². The molecule has 0 spiro atoms. The van der Waals surface area contributed by atoms with Crippen LogP contribution in [0.25, 0.3) is 0 Å². The smallest absolute Gasteiger partial charge is 0.0325 e. The van der Waals surface area contributed by atoms with Crippen molar-refractivity contribution in [3.8, 4) is 0 Å². The van der Waals surface area contributed by atoms with Gasteiger partial charge in [0, 0.05) is 12.1 Å². The molecule has 0 radical (unpaired) electrons. The fraction of sp³-hybridized carbons (Fsp3) is 0.647. The van der Waals surface area contributed by atoms with Crippen LogP contribution in [0.1, 0.15) is 65.0 Å². The fourth-order valence-electron chi connectivity index (χ4n) is 2.50. The van der Waals surface area contributed by atoms with E-state index in [9.17, 15) is 0 Å². The molecule has 0 heterocycles. The van der Waals surface area contributed by atoms with Crippen molar-refractivity contribution in [1.82, 2.24) is 5.32 Å². The Labute approximate surface area is 113 Å². The maximum absolute atomic E-state index is 3.85. The molecule has 0 amide bonds. The summed E-state index contributed by atoms with van der Waals surface area (Å²) < 4.78 is 0. The molecule has 1 aromatic rings. The Morgan fingerprint density at radius 1 is 1.06 bits per heavy atom. The summed E-state index contributed by atoms with van der Waals surface area (Å²) in [7, 11) is 0. The van der Waals surface area contributed by atoms with Gasteiger partial charge in [0.1, 0.15) is 0 Å². The Balaban J connectivity index is 2.72. The van der Waals surface area contributed by atoms with Gasteiger partial charge in [0.25, 0.3) is 0 Å². The van der Waals surface area contributed by atoms with Crippen LogP contribution in [0, 0.1) is 5.92 Å². The summed E-state index contributed by atoms with van der Waals surface area (Å²) in [4.78, 5) is 0. The van der Waals surface area contributed by atoms with Gasteiger partial charge >= 0.3 is 0 Å². The quantitative estimate of drug-likeness (QED) is 0.686. The third-order valence-electron chi connectivity index (χ3n) is 3.48. The average molecular weight is 247 g/mol. The molecule has 1 N–H and O–H groups in total. The lowest BCUT2D eigenvalue weighted by Crippen LogP contribution is -2.33. The third kappa shape index (κ3) is 5.22. The lowest BCUT2D eigenvalue weighted by molar-refractivity contribution is 0.357. The highest BCUT2D eigenvalue weighted by molar-refractivity contribution is 5.19. The summed E-state index contributed by atoms with van der Waals surface area (Å²) in [5, 5.41) is 3.85. The predicted octanol–water partition coefficient (Wildman–Crippen LogP) is 4.94. The van der Waals surface area contributed by atoms with Gasteiger partial charge in [-0.1, -0.05) is 64.4 Å². The van der Waals surface area contributed by atoms with Crippen molar-refractivity contribution >= 4 is 0 Å². The molecule has 102 valence electrons. The molecule has 0 aliphatic rings. The van der Waals surface area contributed by atoms with Gasteiger partial charge in [-0.2, -0.15) is 0 Å². The van der Waals surface area contributed by atoms with Gasteiger partial charge in [-0.15, -0.1) is 0 Å². The van der Waals surface area contributed by atoms with E-state index in [0.29, 0.717) is 12.1 Å². The van der Waals surface area contributed by atoms with Crippen LogP contribution in [0.5, 0.6) is 0 Å². The fourth-order valence-corrected chi connectivity index (χ4v) is 2.50. The molecule has 0 aliphatic carbocycles. The second-order valence-electron chi connectivity index (χ2n) is 5.65. The Kier molecular flexibility index (Phi) is 7.04. The van der Waals surface area contributed by atoms with Crippen molar-refractivity contribution in [3.05, 3.63) is 35.9 Å². The first kappa shape index (κ1) is 15.2. The minimum atomic E-state index is 0.502. The van der Waals surface area contributed by atoms with Gasteiger partial charge in [-0.05, 0) is 30.7 Å². The summed E-state index contributed by atoms with van der Waals surface area (Å²) in [5.41, 5.74) is 1.43. The Morgan fingerprint density at radius 2 is 1.72 bits per heavy atom. The van der Waals surface area contributed by atoms with Gasteiger partial charge in [0.15, 0.2) is 0 Å². The van der Waals surface area contributed by atoms with E-state index in [4.69, 9.17) is 0 Å². The zero-order valence-electron chi connectivity index (χ0n) is 12.4. The first-order valence-corrected chi connectivity index (χ1v) is 7.48. The van der Waals surface area contributed by atoms with Crippen molar-refractivity contribution in [3.63, 3.8) is 0 Å². The Morgan fingerprint density at radius 3 is 2.22 bits per heavy atom. The summed E-state index contributed by atoms with van der Waals surface area (Å²) in [6.45, 7) is 9.16. The molecule has 0 aliphatic heterocycles. The zero-order valence-corrected chi connectivity index (χ0v) is 12.4. The molecule has 1 aromatic carbocycles. The lowest BCUT2D eigenvalue weighted by Gasteiger charge is -2.26. The van der Waals surface area contributed by atoms with Crippen LogP contribution >= 0.6 is 0 Å². The average Bonchev–Trinajstić information content (AvgIpc) is 2.37. The van der Waals surface area contributed by atoms with Crippen molar-refractivity contribution in [2.45, 2.75) is 65.5 Å². The number of benzene rings is 1. The Hall–Kier alpha value is -0.820. The van der Waals surface area contributed by atoms with Crippen molar-refractivity contribution in [2.24, 2.45) is 5.92 Å². The molecule has 1 nitrogen and oxygen atoms in total. The van der Waals surface area contributed by atoms with Crippen LogP contribution in [-0.4, -0.2) is 6.04 Å². The molecule has 1 rings (SSSR count). The van der Waals surface area contributed by atoms with Gasteiger partial charge in [-0.3, -0.25) is 0 Å². The lowest BCUT2D eigenvalue weighted by atomic mass is 9.95. The molecule has 2 atom stereocenters. The molecule has 0 aromatic heterocycles. The Bertz CT molecular complexity index is 305. The molecule has 1 heteroatoms. The molecule has 0 fully saturated rings. The van der Waals surface area contributed by atoms with Crippen molar-refractivity contribution in [1.29, 1.82) is 0 Å². The molecule has 2 unspecified atom stereocenters. The predicted molar refractivity (Wildman–Crippen MR) is 80.8 cm³/mol. The van der Waals surface area contributed by atoms with E-state index in [1.807, 2.05) is 0 Å². The minimum Gasteiger partial charge on any atom is -0.307 e. The van der Waals surface area contributed by atoms with E-state index in [0.717, 1.165) is 5.92 Å². The van der Waals surface area contributed by atoms with Gasteiger partial charge < -0.3 is 5.32 Å². The monoisotopic (exact) mass is 247 g/mol.